The lowest BCUT2D eigenvalue weighted by Gasteiger charge is -2.21. The van der Waals surface area contributed by atoms with Crippen molar-refractivity contribution in [3.8, 4) is 0 Å². The molecule has 0 aliphatic carbocycles. The number of carbonyl (C=O) groups excluding carboxylic acids is 4. The summed E-state index contributed by atoms with van der Waals surface area (Å²) in [5, 5.41) is 10.6. The lowest BCUT2D eigenvalue weighted by Crippen LogP contribution is -2.30. The molecule has 0 spiro atoms. The summed E-state index contributed by atoms with van der Waals surface area (Å²) in [4.78, 5) is 73.0. The summed E-state index contributed by atoms with van der Waals surface area (Å²) in [5.41, 5.74) is 0. The normalized spacial score (nSPS) is 14.6. The molecule has 0 aromatic rings. The molecule has 0 saturated heterocycles. The molecule has 0 heterocycles. The third-order valence-corrected chi connectivity index (χ3v) is 20.7. The number of phosphoric ester groups is 2. The van der Waals surface area contributed by atoms with Gasteiger partial charge in [0, 0.05) is 25.7 Å². The van der Waals surface area contributed by atoms with E-state index in [0.29, 0.717) is 25.7 Å². The fourth-order valence-corrected chi connectivity index (χ4v) is 13.3. The molecule has 3 N–H and O–H groups in total. The third kappa shape index (κ3) is 71.0. The predicted octanol–water partition coefficient (Wildman–Crippen LogP) is 23.4. The van der Waals surface area contributed by atoms with Gasteiger partial charge in [-0.25, -0.2) is 9.13 Å². The van der Waals surface area contributed by atoms with Gasteiger partial charge in [-0.3, -0.25) is 37.3 Å². The number of ether oxygens (including phenoxy) is 4. The Balaban J connectivity index is 5.28. The van der Waals surface area contributed by atoms with Gasteiger partial charge in [-0.05, 0) is 63.2 Å². The van der Waals surface area contributed by atoms with Crippen molar-refractivity contribution in [1.29, 1.82) is 0 Å². The number of allylic oxidation sites excluding steroid dienone is 4. The van der Waals surface area contributed by atoms with Crippen molar-refractivity contribution in [3.05, 3.63) is 24.3 Å². The third-order valence-electron chi connectivity index (χ3n) is 18.8. The maximum absolute atomic E-state index is 13.1. The fraction of sp³-hybridized carbons (Fsp3) is 0.900. The van der Waals surface area contributed by atoms with Gasteiger partial charge in [0.15, 0.2) is 12.2 Å². The summed E-state index contributed by atoms with van der Waals surface area (Å²) in [6, 6.07) is 0. The molecule has 0 aromatic carbocycles. The van der Waals surface area contributed by atoms with Gasteiger partial charge in [0.05, 0.1) is 26.4 Å². The van der Waals surface area contributed by atoms with Crippen LogP contribution in [0.1, 0.15) is 395 Å². The van der Waals surface area contributed by atoms with Crippen LogP contribution in [0, 0.1) is 11.8 Å². The molecule has 0 fully saturated rings. The van der Waals surface area contributed by atoms with Gasteiger partial charge in [0.25, 0.3) is 0 Å². The Labute approximate surface area is 605 Å². The highest BCUT2D eigenvalue weighted by Gasteiger charge is 2.30. The molecular formula is C80H152O17P2. The van der Waals surface area contributed by atoms with Crippen LogP contribution in [0.3, 0.4) is 0 Å². The van der Waals surface area contributed by atoms with Crippen LogP contribution in [0.25, 0.3) is 0 Å². The lowest BCUT2D eigenvalue weighted by atomic mass is 9.99. The molecule has 0 aliphatic rings. The lowest BCUT2D eigenvalue weighted by molar-refractivity contribution is -0.161. The number of phosphoric acid groups is 2. The minimum absolute atomic E-state index is 0.102. The molecule has 0 amide bonds. The number of aliphatic hydroxyl groups excluding tert-OH is 1. The minimum Gasteiger partial charge on any atom is -0.462 e. The molecule has 4 unspecified atom stereocenters. The van der Waals surface area contributed by atoms with E-state index in [1.165, 1.54) is 193 Å². The van der Waals surface area contributed by atoms with Gasteiger partial charge in [0.2, 0.25) is 0 Å². The Morgan fingerprint density at radius 2 is 0.566 bits per heavy atom. The molecule has 0 rings (SSSR count). The van der Waals surface area contributed by atoms with Crippen molar-refractivity contribution < 1.29 is 80.2 Å². The van der Waals surface area contributed by atoms with Gasteiger partial charge in [0.1, 0.15) is 19.3 Å². The first kappa shape index (κ1) is 96.5. The van der Waals surface area contributed by atoms with E-state index in [4.69, 9.17) is 37.0 Å². The number of esters is 4. The van der Waals surface area contributed by atoms with E-state index < -0.39 is 97.5 Å². The zero-order valence-corrected chi connectivity index (χ0v) is 66.1. The Morgan fingerprint density at radius 1 is 0.323 bits per heavy atom. The zero-order chi connectivity index (χ0) is 72.8. The Morgan fingerprint density at radius 3 is 0.859 bits per heavy atom. The van der Waals surface area contributed by atoms with E-state index in [2.05, 4.69) is 65.8 Å². The van der Waals surface area contributed by atoms with E-state index in [-0.39, 0.29) is 25.7 Å². The first-order valence-electron chi connectivity index (χ1n) is 40.9. The molecule has 584 valence electrons. The summed E-state index contributed by atoms with van der Waals surface area (Å²) in [6.45, 7) is 9.55. The average molecular weight is 1450 g/mol. The number of aliphatic hydroxyl groups is 1. The zero-order valence-electron chi connectivity index (χ0n) is 64.3. The number of carbonyl (C=O) groups is 4. The predicted molar refractivity (Wildman–Crippen MR) is 404 cm³/mol. The highest BCUT2D eigenvalue weighted by Crippen LogP contribution is 2.45. The molecule has 99 heavy (non-hydrogen) atoms. The monoisotopic (exact) mass is 1450 g/mol. The quantitative estimate of drug-likeness (QED) is 0.0169. The average Bonchev–Trinajstić information content (AvgIpc) is 1.15. The van der Waals surface area contributed by atoms with Crippen molar-refractivity contribution in [1.82, 2.24) is 0 Å². The van der Waals surface area contributed by atoms with E-state index >= 15 is 0 Å². The van der Waals surface area contributed by atoms with Crippen molar-refractivity contribution in [2.75, 3.05) is 39.6 Å². The van der Waals surface area contributed by atoms with E-state index in [1.54, 1.807) is 0 Å². The molecule has 0 aromatic heterocycles. The number of hydrogen-bond acceptors (Lipinski definition) is 15. The molecular weight excluding hydrogens is 1290 g/mol. The summed E-state index contributed by atoms with van der Waals surface area (Å²) in [6.07, 6.45) is 63.2. The number of hydrogen-bond donors (Lipinski definition) is 3. The maximum Gasteiger partial charge on any atom is 0.472 e. The first-order chi connectivity index (χ1) is 47.9. The smallest absolute Gasteiger partial charge is 0.462 e. The summed E-state index contributed by atoms with van der Waals surface area (Å²) < 4.78 is 68.6. The number of rotatable bonds is 77. The van der Waals surface area contributed by atoms with Crippen LogP contribution < -0.4 is 0 Å². The van der Waals surface area contributed by atoms with Crippen LogP contribution in [0.15, 0.2) is 24.3 Å². The Hall–Kier alpha value is -2.46. The van der Waals surface area contributed by atoms with Crippen molar-refractivity contribution in [3.63, 3.8) is 0 Å². The van der Waals surface area contributed by atoms with Crippen LogP contribution in [-0.4, -0.2) is 96.7 Å². The Kier molecular flexibility index (Phi) is 69.4. The second kappa shape index (κ2) is 71.2. The van der Waals surface area contributed by atoms with E-state index in [1.807, 2.05) is 0 Å². The molecule has 0 radical (unpaired) electrons. The summed E-state index contributed by atoms with van der Waals surface area (Å²) in [5.74, 6) is -0.599. The topological polar surface area (TPSA) is 237 Å². The molecule has 0 aliphatic heterocycles. The first-order valence-corrected chi connectivity index (χ1v) is 43.9. The second-order valence-electron chi connectivity index (χ2n) is 28.6. The fourth-order valence-electron chi connectivity index (χ4n) is 11.8. The van der Waals surface area contributed by atoms with Gasteiger partial charge in [-0.1, -0.05) is 342 Å². The SMILES string of the molecule is CCCCCC/C=C\C=C/CCCCCCCC(=O)OC[C@H](COP(=O)(O)OC[C@@H](O)COP(=O)(O)OC[C@@H](COC(=O)CCCCCCCCCCC(C)CC)OC(=O)CCCCCCCCCCC(C)CC)OC(=O)CCCCCCCCCCCCCCCCCCCCCC. The largest absolute Gasteiger partial charge is 0.472 e. The van der Waals surface area contributed by atoms with Gasteiger partial charge in [-0.15, -0.1) is 0 Å². The Bertz CT molecular complexity index is 2010. The molecule has 7 atom stereocenters. The van der Waals surface area contributed by atoms with Gasteiger partial charge < -0.3 is 33.8 Å². The minimum atomic E-state index is -4.97. The highest BCUT2D eigenvalue weighted by molar-refractivity contribution is 7.47. The summed E-state index contributed by atoms with van der Waals surface area (Å²) >= 11 is 0. The molecule has 19 heteroatoms. The number of unbranched alkanes of at least 4 members (excludes halogenated alkanes) is 42. The van der Waals surface area contributed by atoms with E-state index in [9.17, 15) is 43.2 Å². The molecule has 0 saturated carbocycles. The van der Waals surface area contributed by atoms with Crippen LogP contribution in [0.2, 0.25) is 0 Å². The van der Waals surface area contributed by atoms with Crippen LogP contribution in [0.5, 0.6) is 0 Å². The van der Waals surface area contributed by atoms with Gasteiger partial charge in [-0.2, -0.15) is 0 Å². The van der Waals surface area contributed by atoms with Crippen molar-refractivity contribution in [2.45, 2.75) is 413 Å². The van der Waals surface area contributed by atoms with Gasteiger partial charge >= 0.3 is 39.5 Å². The highest BCUT2D eigenvalue weighted by atomic mass is 31.2. The maximum atomic E-state index is 13.1. The van der Waals surface area contributed by atoms with Crippen LogP contribution in [-0.2, 0) is 65.4 Å². The standard InChI is InChI=1S/C80H152O17P2/c1-7-11-13-15-17-19-21-23-25-26-27-28-29-31-33-35-37-46-52-58-64-79(84)96-75(68-90-77(82)62-56-50-44-36-34-32-30-24-22-20-18-16-14-12-8-2)70-94-98(86,87)92-66-74(81)67-93-99(88,89)95-71-76(97-80(85)65-59-53-47-41-39-43-49-55-61-73(6)10-4)69-91-78(83)63-57-51-45-40-38-42-48-54-60-72(5)9-3/h20,22,24,30,72-76,81H,7-19,21,23,25-29,31-71H2,1-6H3,(H,86,87)(H,88,89)/b22-20-,30-24-/t72?,73?,74-,75-,76-/m1/s1. The van der Waals surface area contributed by atoms with Crippen LogP contribution in [0.4, 0.5) is 0 Å². The molecule has 17 nitrogen and oxygen atoms in total. The summed E-state index contributed by atoms with van der Waals surface area (Å²) in [7, 11) is -9.93. The van der Waals surface area contributed by atoms with E-state index in [0.717, 1.165) is 121 Å². The second-order valence-corrected chi connectivity index (χ2v) is 31.5. The van der Waals surface area contributed by atoms with Crippen molar-refractivity contribution in [2.24, 2.45) is 11.8 Å². The molecule has 0 bridgehead atoms. The van der Waals surface area contributed by atoms with Crippen LogP contribution >= 0.6 is 15.6 Å². The van der Waals surface area contributed by atoms with Crippen molar-refractivity contribution >= 4 is 39.5 Å².